The predicted molar refractivity (Wildman–Crippen MR) is 174 cm³/mol. The Bertz CT molecular complexity index is 2110. The van der Waals surface area contributed by atoms with Crippen LogP contribution < -0.4 is 13.8 Å². The zero-order valence-electron chi connectivity index (χ0n) is 25.8. The number of carboxylic acid groups (broad SMARTS) is 1. The standard InChI is InChI=1S/C34H31ClN2O9S/c1-4-23-30(13-12-27-31(23)20(3)32(46-27)34(39)40)47(41,42)37(5-2)26-16-29-28(44-19-45-29)15-21(26)17-36(18-22-9-8-14-43-22)33(38)24-10-6-7-11-25(24)35/h6-16H,4-5,17-19H2,1-3H3,(H,39,40). The van der Waals surface area contributed by atoms with Crippen LogP contribution in [0.25, 0.3) is 11.0 Å². The lowest BCUT2D eigenvalue weighted by Crippen LogP contribution is -2.34. The van der Waals surface area contributed by atoms with E-state index in [1.165, 1.54) is 27.6 Å². The first-order valence-corrected chi connectivity index (χ1v) is 16.7. The van der Waals surface area contributed by atoms with Crippen LogP contribution in [0.4, 0.5) is 5.69 Å². The molecule has 5 aromatic rings. The van der Waals surface area contributed by atoms with Gasteiger partial charge in [0.1, 0.15) is 11.3 Å². The maximum Gasteiger partial charge on any atom is 0.372 e. The fourth-order valence-electron chi connectivity index (χ4n) is 5.92. The second kappa shape index (κ2) is 12.7. The molecular formula is C34H31ClN2O9S. The third-order valence-corrected chi connectivity index (χ3v) is 10.4. The summed E-state index contributed by atoms with van der Waals surface area (Å²) in [4.78, 5) is 27.3. The van der Waals surface area contributed by atoms with Crippen LogP contribution in [-0.2, 0) is 29.5 Å². The Kier molecular flexibility index (Phi) is 8.64. The molecule has 47 heavy (non-hydrogen) atoms. The molecule has 1 aliphatic heterocycles. The minimum Gasteiger partial charge on any atom is -0.475 e. The van der Waals surface area contributed by atoms with E-state index in [2.05, 4.69) is 0 Å². The lowest BCUT2D eigenvalue weighted by molar-refractivity contribution is 0.0662. The molecule has 0 saturated carbocycles. The summed E-state index contributed by atoms with van der Waals surface area (Å²) in [5.41, 5.74) is 2.10. The molecule has 6 rings (SSSR count). The van der Waals surface area contributed by atoms with E-state index >= 15 is 0 Å². The fraction of sp³-hybridized carbons (Fsp3) is 0.235. The van der Waals surface area contributed by atoms with Crippen molar-refractivity contribution in [3.63, 3.8) is 0 Å². The monoisotopic (exact) mass is 678 g/mol. The van der Waals surface area contributed by atoms with Crippen molar-refractivity contribution in [3.05, 3.63) is 106 Å². The summed E-state index contributed by atoms with van der Waals surface area (Å²) >= 11 is 6.42. The van der Waals surface area contributed by atoms with Crippen molar-refractivity contribution in [2.24, 2.45) is 0 Å². The number of aromatic carboxylic acids is 1. The predicted octanol–water partition coefficient (Wildman–Crippen LogP) is 7.03. The number of carboxylic acids is 1. The van der Waals surface area contributed by atoms with Gasteiger partial charge in [-0.15, -0.1) is 0 Å². The highest BCUT2D eigenvalue weighted by molar-refractivity contribution is 7.93. The van der Waals surface area contributed by atoms with Gasteiger partial charge in [0.2, 0.25) is 12.6 Å². The Morgan fingerprint density at radius 3 is 2.38 bits per heavy atom. The van der Waals surface area contributed by atoms with Crippen LogP contribution in [0.15, 0.2) is 80.7 Å². The quantitative estimate of drug-likeness (QED) is 0.156. The third kappa shape index (κ3) is 5.79. The van der Waals surface area contributed by atoms with E-state index in [4.69, 9.17) is 29.9 Å². The highest BCUT2D eigenvalue weighted by Crippen LogP contribution is 2.42. The number of sulfonamides is 1. The van der Waals surface area contributed by atoms with E-state index in [1.807, 2.05) is 0 Å². The topological polar surface area (TPSA) is 140 Å². The molecule has 0 unspecified atom stereocenters. The largest absolute Gasteiger partial charge is 0.475 e. The van der Waals surface area contributed by atoms with Crippen LogP contribution in [0, 0.1) is 6.92 Å². The lowest BCUT2D eigenvalue weighted by Gasteiger charge is -2.29. The average molecular weight is 679 g/mol. The summed E-state index contributed by atoms with van der Waals surface area (Å²) in [6.07, 6.45) is 1.80. The Morgan fingerprint density at radius 1 is 0.979 bits per heavy atom. The number of halogens is 1. The van der Waals surface area contributed by atoms with Crippen molar-refractivity contribution < 1.29 is 41.4 Å². The summed E-state index contributed by atoms with van der Waals surface area (Å²) in [6, 6.07) is 16.3. The molecule has 0 atom stereocenters. The summed E-state index contributed by atoms with van der Waals surface area (Å²) in [6.45, 7) is 5.12. The van der Waals surface area contributed by atoms with Gasteiger partial charge < -0.3 is 28.3 Å². The van der Waals surface area contributed by atoms with E-state index in [1.54, 1.807) is 69.3 Å². The molecule has 11 nitrogen and oxygen atoms in total. The van der Waals surface area contributed by atoms with Crippen molar-refractivity contribution in [1.82, 2.24) is 4.90 Å². The van der Waals surface area contributed by atoms with Gasteiger partial charge in [0.25, 0.3) is 15.9 Å². The number of amides is 1. The first-order valence-electron chi connectivity index (χ1n) is 14.8. The molecule has 3 heterocycles. The highest BCUT2D eigenvalue weighted by Gasteiger charge is 2.33. The van der Waals surface area contributed by atoms with Crippen LogP contribution >= 0.6 is 11.6 Å². The summed E-state index contributed by atoms with van der Waals surface area (Å²) in [5, 5.41) is 10.4. The molecule has 1 amide bonds. The molecule has 1 N–H and O–H groups in total. The minimum atomic E-state index is -4.27. The molecule has 2 aromatic heterocycles. The Morgan fingerprint density at radius 2 is 1.72 bits per heavy atom. The molecule has 0 spiro atoms. The van der Waals surface area contributed by atoms with Gasteiger partial charge in [-0.25, -0.2) is 13.2 Å². The van der Waals surface area contributed by atoms with Gasteiger partial charge >= 0.3 is 5.97 Å². The first kappa shape index (κ1) is 32.0. The number of fused-ring (bicyclic) bond motifs is 2. The molecule has 244 valence electrons. The summed E-state index contributed by atoms with van der Waals surface area (Å²) in [5.74, 6) is -0.582. The Balaban J connectivity index is 1.48. The Hall–Kier alpha value is -4.94. The fourth-order valence-corrected chi connectivity index (χ4v) is 7.94. The zero-order valence-corrected chi connectivity index (χ0v) is 27.4. The van der Waals surface area contributed by atoms with Gasteiger partial charge in [-0.05, 0) is 73.9 Å². The number of benzene rings is 3. The SMILES string of the molecule is CCc1c(S(=O)(=O)N(CC)c2cc3c(cc2CN(Cc2ccco2)C(=O)c2ccccc2Cl)OCO3)ccc2oc(C(=O)O)c(C)c12. The number of rotatable bonds is 11. The van der Waals surface area contributed by atoms with Crippen LogP contribution in [0.3, 0.4) is 0 Å². The first-order chi connectivity index (χ1) is 22.5. The van der Waals surface area contributed by atoms with Gasteiger partial charge in [0.15, 0.2) is 11.5 Å². The molecule has 0 aliphatic carbocycles. The number of aryl methyl sites for hydroxylation is 2. The van der Waals surface area contributed by atoms with Crippen molar-refractivity contribution in [2.45, 2.75) is 45.2 Å². The number of carbonyl (C=O) groups excluding carboxylic acids is 1. The molecule has 13 heteroatoms. The van der Waals surface area contributed by atoms with E-state index in [0.29, 0.717) is 45.8 Å². The van der Waals surface area contributed by atoms with Gasteiger partial charge in [-0.2, -0.15) is 0 Å². The van der Waals surface area contributed by atoms with E-state index in [-0.39, 0.29) is 64.8 Å². The number of nitrogens with zero attached hydrogens (tertiary/aromatic N) is 2. The maximum absolute atomic E-state index is 14.6. The van der Waals surface area contributed by atoms with Gasteiger partial charge in [-0.1, -0.05) is 30.7 Å². The Labute approximate surface area is 275 Å². The molecule has 0 saturated heterocycles. The number of furan rings is 2. The number of hydrogen-bond donors (Lipinski definition) is 1. The average Bonchev–Trinajstić information content (AvgIpc) is 3.81. The third-order valence-electron chi connectivity index (χ3n) is 8.08. The van der Waals surface area contributed by atoms with Crippen LogP contribution in [-0.4, -0.2) is 43.6 Å². The molecular weight excluding hydrogens is 648 g/mol. The number of carbonyl (C=O) groups is 2. The maximum atomic E-state index is 14.6. The zero-order chi connectivity index (χ0) is 33.5. The highest BCUT2D eigenvalue weighted by atomic mass is 35.5. The van der Waals surface area contributed by atoms with Gasteiger partial charge in [0.05, 0.1) is 34.0 Å². The van der Waals surface area contributed by atoms with Gasteiger partial charge in [-0.3, -0.25) is 9.10 Å². The van der Waals surface area contributed by atoms with E-state index in [9.17, 15) is 23.1 Å². The van der Waals surface area contributed by atoms with E-state index < -0.39 is 16.0 Å². The number of ether oxygens (including phenoxy) is 2. The second-order valence-electron chi connectivity index (χ2n) is 10.9. The minimum absolute atomic E-state index is 0.0124. The van der Waals surface area contributed by atoms with Crippen molar-refractivity contribution >= 4 is 50.2 Å². The smallest absolute Gasteiger partial charge is 0.372 e. The molecule has 3 aromatic carbocycles. The molecule has 0 bridgehead atoms. The summed E-state index contributed by atoms with van der Waals surface area (Å²) in [7, 11) is -4.27. The van der Waals surface area contributed by atoms with Crippen LogP contribution in [0.2, 0.25) is 5.02 Å². The summed E-state index contributed by atoms with van der Waals surface area (Å²) < 4.78 is 53.0. The molecule has 1 aliphatic rings. The van der Waals surface area contributed by atoms with Crippen molar-refractivity contribution in [2.75, 3.05) is 17.6 Å². The van der Waals surface area contributed by atoms with Crippen LogP contribution in [0.5, 0.6) is 11.5 Å². The van der Waals surface area contributed by atoms with Crippen molar-refractivity contribution in [3.8, 4) is 11.5 Å². The molecule has 0 fully saturated rings. The lowest BCUT2D eigenvalue weighted by atomic mass is 10.0. The molecule has 0 radical (unpaired) electrons. The number of anilines is 1. The van der Waals surface area contributed by atoms with Crippen molar-refractivity contribution in [1.29, 1.82) is 0 Å². The normalized spacial score (nSPS) is 12.4. The van der Waals surface area contributed by atoms with Gasteiger partial charge in [0, 0.05) is 30.1 Å². The van der Waals surface area contributed by atoms with Crippen LogP contribution in [0.1, 0.15) is 57.2 Å². The van der Waals surface area contributed by atoms with E-state index in [0.717, 1.165) is 0 Å². The number of hydrogen-bond acceptors (Lipinski definition) is 8. The second-order valence-corrected chi connectivity index (χ2v) is 13.1.